The maximum atomic E-state index is 4.37. The molecule has 0 bridgehead atoms. The van der Waals surface area contributed by atoms with Crippen molar-refractivity contribution in [1.82, 2.24) is 9.88 Å². The van der Waals surface area contributed by atoms with Gasteiger partial charge in [-0.25, -0.2) is 0 Å². The number of aryl methyl sites for hydroxylation is 2. The number of unbranched alkanes of at least 4 members (excludes halogenated alkanes) is 3. The van der Waals surface area contributed by atoms with Crippen molar-refractivity contribution in [3.8, 4) is 11.1 Å². The molecular weight excluding hydrogens is 484 g/mol. The normalized spacial score (nSPS) is 14.6. The summed E-state index contributed by atoms with van der Waals surface area (Å²) >= 11 is 1.96. The van der Waals surface area contributed by atoms with Crippen LogP contribution in [0.4, 0.5) is 11.4 Å². The van der Waals surface area contributed by atoms with E-state index in [0.29, 0.717) is 0 Å². The SMILES string of the molecule is Cc1ccc(-c2cnccc2SCCCCCCNc2ccc(N3CCN(C(C)(C)C)CC3)c(C)c2)cc1. The van der Waals surface area contributed by atoms with Crippen LogP contribution in [0.3, 0.4) is 0 Å². The lowest BCUT2D eigenvalue weighted by atomic mass is 10.0. The summed E-state index contributed by atoms with van der Waals surface area (Å²) in [5.41, 5.74) is 8.06. The molecule has 2 aromatic carbocycles. The minimum Gasteiger partial charge on any atom is -0.385 e. The molecule has 1 saturated heterocycles. The molecule has 1 aliphatic rings. The third-order valence-corrected chi connectivity index (χ3v) is 8.73. The fourth-order valence-electron chi connectivity index (χ4n) is 5.19. The highest BCUT2D eigenvalue weighted by Crippen LogP contribution is 2.31. The van der Waals surface area contributed by atoms with Gasteiger partial charge < -0.3 is 10.2 Å². The Hall–Kier alpha value is -2.50. The number of nitrogens with zero attached hydrogens (tertiary/aromatic N) is 3. The van der Waals surface area contributed by atoms with Crippen molar-refractivity contribution in [2.45, 2.75) is 70.7 Å². The Balaban J connectivity index is 1.13. The lowest BCUT2D eigenvalue weighted by Gasteiger charge is -2.43. The molecule has 0 amide bonds. The van der Waals surface area contributed by atoms with Gasteiger partial charge in [0.2, 0.25) is 0 Å². The van der Waals surface area contributed by atoms with E-state index in [1.807, 2.05) is 24.2 Å². The van der Waals surface area contributed by atoms with Crippen LogP contribution in [0.25, 0.3) is 11.1 Å². The number of anilines is 2. The Morgan fingerprint density at radius 3 is 2.32 bits per heavy atom. The van der Waals surface area contributed by atoms with Crippen molar-refractivity contribution in [3.05, 3.63) is 72.1 Å². The van der Waals surface area contributed by atoms with E-state index in [4.69, 9.17) is 0 Å². The summed E-state index contributed by atoms with van der Waals surface area (Å²) in [6, 6.07) is 17.8. The van der Waals surface area contributed by atoms with Crippen molar-refractivity contribution in [2.24, 2.45) is 0 Å². The van der Waals surface area contributed by atoms with Gasteiger partial charge in [0.05, 0.1) is 0 Å². The zero-order chi connectivity index (χ0) is 27.0. The van der Waals surface area contributed by atoms with Gasteiger partial charge in [-0.2, -0.15) is 0 Å². The predicted molar refractivity (Wildman–Crippen MR) is 167 cm³/mol. The molecule has 0 atom stereocenters. The quantitative estimate of drug-likeness (QED) is 0.200. The van der Waals surface area contributed by atoms with E-state index in [0.717, 1.165) is 38.5 Å². The molecular formula is C33H46N4S. The summed E-state index contributed by atoms with van der Waals surface area (Å²) in [7, 11) is 0. The smallest absolute Gasteiger partial charge is 0.0398 e. The molecule has 0 saturated carbocycles. The minimum atomic E-state index is 0.262. The molecule has 38 heavy (non-hydrogen) atoms. The number of aromatic nitrogens is 1. The molecule has 5 heteroatoms. The molecule has 3 aromatic rings. The first-order valence-electron chi connectivity index (χ1n) is 14.3. The first-order valence-corrected chi connectivity index (χ1v) is 15.3. The molecule has 204 valence electrons. The molecule has 4 nitrogen and oxygen atoms in total. The highest BCUT2D eigenvalue weighted by Gasteiger charge is 2.26. The van der Waals surface area contributed by atoms with Crippen LogP contribution in [0, 0.1) is 13.8 Å². The van der Waals surface area contributed by atoms with Crippen molar-refractivity contribution >= 4 is 23.1 Å². The number of nitrogens with one attached hydrogen (secondary N) is 1. The predicted octanol–water partition coefficient (Wildman–Crippen LogP) is 8.05. The second-order valence-electron chi connectivity index (χ2n) is 11.6. The van der Waals surface area contributed by atoms with Gasteiger partial charge in [-0.3, -0.25) is 9.88 Å². The number of benzene rings is 2. The van der Waals surface area contributed by atoms with Crippen LogP contribution in [0.1, 0.15) is 57.6 Å². The van der Waals surface area contributed by atoms with Crippen molar-refractivity contribution in [2.75, 3.05) is 48.7 Å². The van der Waals surface area contributed by atoms with Crippen LogP contribution in [-0.2, 0) is 0 Å². The van der Waals surface area contributed by atoms with Gasteiger partial charge in [-0.15, -0.1) is 11.8 Å². The monoisotopic (exact) mass is 530 g/mol. The number of hydrogen-bond donors (Lipinski definition) is 1. The second kappa shape index (κ2) is 13.5. The van der Waals surface area contributed by atoms with E-state index in [-0.39, 0.29) is 5.54 Å². The van der Waals surface area contributed by atoms with Gasteiger partial charge in [0.15, 0.2) is 0 Å². The molecule has 1 aromatic heterocycles. The van der Waals surface area contributed by atoms with E-state index >= 15 is 0 Å². The largest absolute Gasteiger partial charge is 0.385 e. The minimum absolute atomic E-state index is 0.262. The first-order chi connectivity index (χ1) is 18.3. The summed E-state index contributed by atoms with van der Waals surface area (Å²) in [5, 5.41) is 3.65. The van der Waals surface area contributed by atoms with Crippen LogP contribution < -0.4 is 10.2 Å². The van der Waals surface area contributed by atoms with Crippen LogP contribution in [0.2, 0.25) is 0 Å². The van der Waals surface area contributed by atoms with Crippen LogP contribution in [-0.4, -0.2) is 53.9 Å². The van der Waals surface area contributed by atoms with Gasteiger partial charge >= 0.3 is 0 Å². The Kier molecular flexibility index (Phi) is 10.1. The lowest BCUT2D eigenvalue weighted by molar-refractivity contribution is 0.128. The van der Waals surface area contributed by atoms with Crippen molar-refractivity contribution < 1.29 is 0 Å². The van der Waals surface area contributed by atoms with Gasteiger partial charge in [0.1, 0.15) is 0 Å². The summed E-state index contributed by atoms with van der Waals surface area (Å²) in [6.45, 7) is 16.9. The molecule has 0 radical (unpaired) electrons. The maximum Gasteiger partial charge on any atom is 0.0398 e. The molecule has 2 heterocycles. The Morgan fingerprint density at radius 2 is 1.61 bits per heavy atom. The van der Waals surface area contributed by atoms with E-state index in [2.05, 4.69) is 103 Å². The van der Waals surface area contributed by atoms with E-state index in [1.165, 1.54) is 64.2 Å². The molecule has 1 fully saturated rings. The number of pyridine rings is 1. The summed E-state index contributed by atoms with van der Waals surface area (Å²) in [6.07, 6.45) is 8.91. The third kappa shape index (κ3) is 8.00. The average Bonchev–Trinajstić information content (AvgIpc) is 2.91. The lowest BCUT2D eigenvalue weighted by Crippen LogP contribution is -2.53. The van der Waals surface area contributed by atoms with E-state index in [1.54, 1.807) is 0 Å². The average molecular weight is 531 g/mol. The fraction of sp³-hybridized carbons (Fsp3) is 0.485. The topological polar surface area (TPSA) is 31.4 Å². The standard InChI is InChI=1S/C33H46N4S/c1-26-10-12-28(13-11-26)30-25-34-18-16-32(30)38-23-9-7-6-8-17-35-29-14-15-31(27(2)24-29)36-19-21-37(22-20-36)33(3,4)5/h10-16,18,24-25,35H,6-9,17,19-23H2,1-5H3. The Bertz CT molecular complexity index is 1140. The van der Waals surface area contributed by atoms with E-state index < -0.39 is 0 Å². The van der Waals surface area contributed by atoms with Crippen LogP contribution >= 0.6 is 11.8 Å². The van der Waals surface area contributed by atoms with Crippen LogP contribution in [0.5, 0.6) is 0 Å². The van der Waals surface area contributed by atoms with Gasteiger partial charge in [0, 0.05) is 72.5 Å². The van der Waals surface area contributed by atoms with Gasteiger partial charge in [-0.05, 0) is 88.6 Å². The van der Waals surface area contributed by atoms with Crippen molar-refractivity contribution in [1.29, 1.82) is 0 Å². The number of hydrogen-bond acceptors (Lipinski definition) is 5. The van der Waals surface area contributed by atoms with E-state index in [9.17, 15) is 0 Å². The fourth-order valence-corrected chi connectivity index (χ4v) is 6.24. The van der Waals surface area contributed by atoms with Crippen molar-refractivity contribution in [3.63, 3.8) is 0 Å². The zero-order valence-corrected chi connectivity index (χ0v) is 24.9. The highest BCUT2D eigenvalue weighted by molar-refractivity contribution is 7.99. The van der Waals surface area contributed by atoms with Crippen LogP contribution in [0.15, 0.2) is 65.8 Å². The van der Waals surface area contributed by atoms with Gasteiger partial charge in [0.25, 0.3) is 0 Å². The molecule has 0 spiro atoms. The molecule has 0 aliphatic carbocycles. The molecule has 4 rings (SSSR count). The van der Waals surface area contributed by atoms with Gasteiger partial charge in [-0.1, -0.05) is 42.7 Å². The summed E-state index contributed by atoms with van der Waals surface area (Å²) in [5.74, 6) is 1.15. The molecule has 0 unspecified atom stereocenters. The Morgan fingerprint density at radius 1 is 0.868 bits per heavy atom. The Labute approximate surface area is 235 Å². The third-order valence-electron chi connectivity index (χ3n) is 7.57. The number of rotatable bonds is 11. The maximum absolute atomic E-state index is 4.37. The molecule has 1 aliphatic heterocycles. The zero-order valence-electron chi connectivity index (χ0n) is 24.1. The number of thioether (sulfide) groups is 1. The second-order valence-corrected chi connectivity index (χ2v) is 12.7. The molecule has 1 N–H and O–H groups in total. The number of piperazine rings is 1. The summed E-state index contributed by atoms with van der Waals surface area (Å²) in [4.78, 5) is 10.8. The summed E-state index contributed by atoms with van der Waals surface area (Å²) < 4.78 is 0. The highest BCUT2D eigenvalue weighted by atomic mass is 32.2. The first kappa shape index (κ1) is 28.5.